The normalized spacial score (nSPS) is 13.4. The molecule has 0 spiro atoms. The Morgan fingerprint density at radius 3 is 2.50 bits per heavy atom. The van der Waals surface area contributed by atoms with Crippen LogP contribution in [-0.2, 0) is 6.18 Å². The molecular formula is C12H13F3O2S. The lowest BCUT2D eigenvalue weighted by atomic mass is 10.1. The number of aromatic carboxylic acids is 1. The van der Waals surface area contributed by atoms with Gasteiger partial charge >= 0.3 is 12.1 Å². The third-order valence-corrected chi connectivity index (χ3v) is 3.79. The molecule has 0 saturated carbocycles. The summed E-state index contributed by atoms with van der Waals surface area (Å²) in [7, 11) is 0. The van der Waals surface area contributed by atoms with Crippen LogP contribution in [0.25, 0.3) is 0 Å². The van der Waals surface area contributed by atoms with E-state index in [0.717, 1.165) is 12.5 Å². The second-order valence-corrected chi connectivity index (χ2v) is 5.33. The third kappa shape index (κ3) is 3.66. The Morgan fingerprint density at radius 2 is 2.06 bits per heavy atom. The maximum Gasteiger partial charge on any atom is 0.416 e. The number of alkyl halides is 3. The number of benzene rings is 1. The van der Waals surface area contributed by atoms with Crippen LogP contribution in [0.15, 0.2) is 23.1 Å². The highest BCUT2D eigenvalue weighted by atomic mass is 32.2. The predicted octanol–water partition coefficient (Wildman–Crippen LogP) is 4.29. The fourth-order valence-corrected chi connectivity index (χ4v) is 2.30. The molecule has 0 aliphatic heterocycles. The molecule has 1 unspecified atom stereocenters. The Kier molecular flexibility index (Phi) is 4.67. The maximum atomic E-state index is 12.5. The minimum Gasteiger partial charge on any atom is -0.478 e. The Labute approximate surface area is 107 Å². The van der Waals surface area contributed by atoms with Crippen molar-refractivity contribution in [2.75, 3.05) is 0 Å². The van der Waals surface area contributed by atoms with Gasteiger partial charge in [0.25, 0.3) is 0 Å². The molecule has 2 nitrogen and oxygen atoms in total. The van der Waals surface area contributed by atoms with Crippen molar-refractivity contribution in [2.24, 2.45) is 0 Å². The summed E-state index contributed by atoms with van der Waals surface area (Å²) in [5.74, 6) is -1.34. The van der Waals surface area contributed by atoms with Crippen molar-refractivity contribution in [2.45, 2.75) is 36.6 Å². The molecule has 1 atom stereocenters. The minimum absolute atomic E-state index is 0.153. The van der Waals surface area contributed by atoms with Gasteiger partial charge in [0.15, 0.2) is 0 Å². The zero-order valence-corrected chi connectivity index (χ0v) is 10.7. The maximum absolute atomic E-state index is 12.5. The average Bonchev–Trinajstić information content (AvgIpc) is 2.27. The third-order valence-electron chi connectivity index (χ3n) is 2.44. The average molecular weight is 278 g/mol. The molecule has 0 bridgehead atoms. The molecule has 1 aromatic carbocycles. The fraction of sp³-hybridized carbons (Fsp3) is 0.417. The topological polar surface area (TPSA) is 37.3 Å². The van der Waals surface area contributed by atoms with E-state index in [1.165, 1.54) is 17.8 Å². The lowest BCUT2D eigenvalue weighted by Gasteiger charge is -2.13. The number of hydrogen-bond acceptors (Lipinski definition) is 2. The molecule has 100 valence electrons. The standard InChI is InChI=1S/C12H13F3O2S/c1-3-7(2)18-10-5-4-8(12(13,14)15)6-9(10)11(16)17/h4-7H,3H2,1-2H3,(H,16,17). The molecule has 0 heterocycles. The molecule has 0 aliphatic carbocycles. The smallest absolute Gasteiger partial charge is 0.416 e. The summed E-state index contributed by atoms with van der Waals surface area (Å²) in [5, 5.41) is 9.11. The van der Waals surface area contributed by atoms with Crippen molar-refractivity contribution in [3.8, 4) is 0 Å². The van der Waals surface area contributed by atoms with Crippen molar-refractivity contribution < 1.29 is 23.1 Å². The van der Waals surface area contributed by atoms with Gasteiger partial charge in [0.1, 0.15) is 0 Å². The monoisotopic (exact) mass is 278 g/mol. The van der Waals surface area contributed by atoms with E-state index in [1.807, 2.05) is 13.8 Å². The summed E-state index contributed by atoms with van der Waals surface area (Å²) >= 11 is 1.27. The summed E-state index contributed by atoms with van der Waals surface area (Å²) in [4.78, 5) is 11.4. The van der Waals surface area contributed by atoms with Crippen LogP contribution in [-0.4, -0.2) is 16.3 Å². The van der Waals surface area contributed by atoms with E-state index in [2.05, 4.69) is 0 Å². The van der Waals surface area contributed by atoms with Crippen molar-refractivity contribution in [1.29, 1.82) is 0 Å². The lowest BCUT2D eigenvalue weighted by molar-refractivity contribution is -0.137. The van der Waals surface area contributed by atoms with Crippen LogP contribution in [0.1, 0.15) is 36.2 Å². The summed E-state index contributed by atoms with van der Waals surface area (Å²) in [5.41, 5.74) is -1.23. The first kappa shape index (κ1) is 14.9. The van der Waals surface area contributed by atoms with Gasteiger partial charge < -0.3 is 5.11 Å². The number of rotatable bonds is 4. The Morgan fingerprint density at radius 1 is 1.44 bits per heavy atom. The van der Waals surface area contributed by atoms with E-state index in [0.29, 0.717) is 11.0 Å². The first-order valence-electron chi connectivity index (χ1n) is 5.37. The molecule has 1 N–H and O–H groups in total. The number of hydrogen-bond donors (Lipinski definition) is 1. The van der Waals surface area contributed by atoms with Crippen LogP contribution in [0.5, 0.6) is 0 Å². The lowest BCUT2D eigenvalue weighted by Crippen LogP contribution is -2.09. The van der Waals surface area contributed by atoms with Gasteiger partial charge in [0, 0.05) is 10.1 Å². The van der Waals surface area contributed by atoms with Crippen molar-refractivity contribution >= 4 is 17.7 Å². The van der Waals surface area contributed by atoms with Gasteiger partial charge in [-0.2, -0.15) is 13.2 Å². The molecule has 0 radical (unpaired) electrons. The number of halogens is 3. The first-order chi connectivity index (χ1) is 8.25. The zero-order valence-electron chi connectivity index (χ0n) is 9.91. The largest absolute Gasteiger partial charge is 0.478 e. The Hall–Kier alpha value is -1.17. The van der Waals surface area contributed by atoms with Crippen LogP contribution in [0, 0.1) is 0 Å². The quantitative estimate of drug-likeness (QED) is 0.835. The predicted molar refractivity (Wildman–Crippen MR) is 64.0 cm³/mol. The molecular weight excluding hydrogens is 265 g/mol. The first-order valence-corrected chi connectivity index (χ1v) is 6.24. The molecule has 0 saturated heterocycles. The van der Waals surface area contributed by atoms with Crippen molar-refractivity contribution in [3.63, 3.8) is 0 Å². The van der Waals surface area contributed by atoms with Gasteiger partial charge in [0.2, 0.25) is 0 Å². The van der Waals surface area contributed by atoms with E-state index in [9.17, 15) is 18.0 Å². The van der Waals surface area contributed by atoms with Crippen LogP contribution < -0.4 is 0 Å². The molecule has 18 heavy (non-hydrogen) atoms. The van der Waals surface area contributed by atoms with Gasteiger partial charge in [-0.15, -0.1) is 11.8 Å². The van der Waals surface area contributed by atoms with Crippen molar-refractivity contribution in [3.05, 3.63) is 29.3 Å². The van der Waals surface area contributed by atoms with Gasteiger partial charge in [-0.05, 0) is 24.6 Å². The second kappa shape index (κ2) is 5.65. The van der Waals surface area contributed by atoms with Gasteiger partial charge in [-0.25, -0.2) is 4.79 Å². The highest BCUT2D eigenvalue weighted by Gasteiger charge is 2.31. The Balaban J connectivity index is 3.17. The molecule has 0 amide bonds. The number of carboxylic acid groups (broad SMARTS) is 1. The fourth-order valence-electron chi connectivity index (χ4n) is 1.28. The molecule has 0 aliphatic rings. The highest BCUT2D eigenvalue weighted by molar-refractivity contribution is 8.00. The minimum atomic E-state index is -4.52. The van der Waals surface area contributed by atoms with E-state index < -0.39 is 17.7 Å². The summed E-state index contributed by atoms with van der Waals surface area (Å²) in [6.07, 6.45) is -3.71. The molecule has 6 heteroatoms. The molecule has 0 fully saturated rings. The van der Waals surface area contributed by atoms with Crippen LogP contribution >= 0.6 is 11.8 Å². The van der Waals surface area contributed by atoms with E-state index in [1.54, 1.807) is 0 Å². The van der Waals surface area contributed by atoms with Gasteiger partial charge in [-0.3, -0.25) is 0 Å². The SMILES string of the molecule is CCC(C)Sc1ccc(C(F)(F)F)cc1C(=O)O. The molecule has 1 rings (SSSR count). The second-order valence-electron chi connectivity index (χ2n) is 3.85. The van der Waals surface area contributed by atoms with Crippen LogP contribution in [0.3, 0.4) is 0 Å². The Bertz CT molecular complexity index is 443. The molecule has 1 aromatic rings. The summed E-state index contributed by atoms with van der Waals surface area (Å²) in [6, 6.07) is 2.83. The van der Waals surface area contributed by atoms with Gasteiger partial charge in [0.05, 0.1) is 11.1 Å². The van der Waals surface area contributed by atoms with Gasteiger partial charge in [-0.1, -0.05) is 13.8 Å². The zero-order chi connectivity index (χ0) is 13.9. The number of carboxylic acids is 1. The molecule has 0 aromatic heterocycles. The number of carbonyl (C=O) groups is 1. The van der Waals surface area contributed by atoms with Crippen LogP contribution in [0.2, 0.25) is 0 Å². The summed E-state index contributed by atoms with van der Waals surface area (Å²) < 4.78 is 37.5. The van der Waals surface area contributed by atoms with E-state index in [-0.39, 0.29) is 10.8 Å². The number of thioether (sulfide) groups is 1. The van der Waals surface area contributed by atoms with Crippen molar-refractivity contribution in [1.82, 2.24) is 0 Å². The van der Waals surface area contributed by atoms with Crippen LogP contribution in [0.4, 0.5) is 13.2 Å². The van der Waals surface area contributed by atoms with E-state index in [4.69, 9.17) is 5.11 Å². The highest BCUT2D eigenvalue weighted by Crippen LogP contribution is 2.34. The summed E-state index contributed by atoms with van der Waals surface area (Å²) in [6.45, 7) is 3.83. The van der Waals surface area contributed by atoms with E-state index >= 15 is 0 Å².